The number of hydrogen-bond donors (Lipinski definition) is 8. The molecule has 1 unspecified atom stereocenters. The number of carboxylic acids is 1. The Kier molecular flexibility index (Phi) is 6.48. The van der Waals surface area contributed by atoms with Gasteiger partial charge in [0.1, 0.15) is 18.3 Å². The number of aliphatic hydroxyl groups excluding tert-OH is 3. The molecular weight excluding hydrogens is 369 g/mol. The highest BCUT2D eigenvalue weighted by atomic mass is 31.2. The molecule has 0 bridgehead atoms. The summed E-state index contributed by atoms with van der Waals surface area (Å²) < 4.78 is 26.4. The summed E-state index contributed by atoms with van der Waals surface area (Å²) in [6.07, 6.45) is -8.76. The van der Waals surface area contributed by atoms with Gasteiger partial charge in [0.2, 0.25) is 5.91 Å². The Labute approximate surface area is 142 Å². The van der Waals surface area contributed by atoms with Crippen molar-refractivity contribution < 1.29 is 60.1 Å². The fourth-order valence-electron chi connectivity index (χ4n) is 2.25. The van der Waals surface area contributed by atoms with Crippen LogP contribution >= 0.6 is 7.82 Å². The number of phosphoric ester groups is 1. The first-order valence-electron chi connectivity index (χ1n) is 7.48. The van der Waals surface area contributed by atoms with Crippen LogP contribution in [0.4, 0.5) is 0 Å². The van der Waals surface area contributed by atoms with Crippen LogP contribution in [0, 0.1) is 0 Å². The van der Waals surface area contributed by atoms with Crippen LogP contribution in [0.1, 0.15) is 14.7 Å². The normalized spacial score (nSPS) is 33.2. The molecule has 1 rings (SSSR count). The molecule has 1 aliphatic heterocycles. The lowest BCUT2D eigenvalue weighted by Crippen LogP contribution is -2.67. The Morgan fingerprint density at radius 1 is 1.48 bits per heavy atom. The molecule has 1 aliphatic rings. The summed E-state index contributed by atoms with van der Waals surface area (Å²) in [6, 6.07) is -1.54. The summed E-state index contributed by atoms with van der Waals surface area (Å²) in [5.41, 5.74) is 0. The Hall–Kier alpha value is -1.15. The fourth-order valence-corrected chi connectivity index (χ4v) is 2.60. The van der Waals surface area contributed by atoms with E-state index in [2.05, 4.69) is 9.84 Å². The molecule has 1 fully saturated rings. The molecule has 8 N–H and O–H groups in total. The Morgan fingerprint density at radius 3 is 2.56 bits per heavy atom. The van der Waals surface area contributed by atoms with E-state index in [0.29, 0.717) is 0 Å². The SMILES string of the molecule is [2H]CC(=O)N[C@H]1[C@H]([C@H](O)[C@H](O)COP(=O)(O)O)OC(O)(C(=O)O)C[C@@H]1O. The fraction of sp³-hybridized carbons (Fsp3) is 0.818. The van der Waals surface area contributed by atoms with Crippen molar-refractivity contribution >= 4 is 19.7 Å². The van der Waals surface area contributed by atoms with Crippen molar-refractivity contribution in [1.29, 1.82) is 0 Å². The predicted octanol–water partition coefficient (Wildman–Crippen LogP) is -3.75. The van der Waals surface area contributed by atoms with Gasteiger partial charge in [0.25, 0.3) is 5.79 Å². The molecule has 0 saturated carbocycles. The number of nitrogens with one attached hydrogen (secondary N) is 1. The van der Waals surface area contributed by atoms with Gasteiger partial charge in [-0.25, -0.2) is 9.36 Å². The number of aliphatic hydroxyl groups is 4. The van der Waals surface area contributed by atoms with Gasteiger partial charge in [-0.2, -0.15) is 0 Å². The lowest BCUT2D eigenvalue weighted by atomic mass is 9.88. The number of carbonyl (C=O) groups excluding carboxylic acids is 1. The number of carbonyl (C=O) groups is 2. The summed E-state index contributed by atoms with van der Waals surface area (Å²) >= 11 is 0. The molecule has 6 atom stereocenters. The lowest BCUT2D eigenvalue weighted by molar-refractivity contribution is -0.294. The van der Waals surface area contributed by atoms with E-state index in [-0.39, 0.29) is 0 Å². The first-order valence-corrected chi connectivity index (χ1v) is 8.30. The third kappa shape index (κ3) is 5.95. The summed E-state index contributed by atoms with van der Waals surface area (Å²) in [7, 11) is -4.99. The maximum absolute atomic E-state index is 11.4. The van der Waals surface area contributed by atoms with E-state index in [0.717, 1.165) is 0 Å². The standard InChI is InChI=1S/C11H20NO12P/c1-4(13)12-7-5(14)2-11(19,10(17)18)24-9(7)8(16)6(15)3-23-25(20,21)22/h5-9,14-16,19H,2-3H2,1H3,(H,12,13)(H,17,18)(H2,20,21,22)/t5-,6+,7+,8+,9+,11?/m0/s1/i1D. The number of aliphatic carboxylic acids is 1. The van der Waals surface area contributed by atoms with E-state index in [1.54, 1.807) is 0 Å². The van der Waals surface area contributed by atoms with Crippen molar-refractivity contribution in [2.45, 2.75) is 49.6 Å². The Morgan fingerprint density at radius 2 is 2.08 bits per heavy atom. The zero-order valence-electron chi connectivity index (χ0n) is 13.6. The quantitative estimate of drug-likeness (QED) is 0.196. The molecule has 1 saturated heterocycles. The first-order chi connectivity index (χ1) is 11.8. The van der Waals surface area contributed by atoms with E-state index < -0.39 is 75.9 Å². The number of carboxylic acid groups (broad SMARTS) is 1. The monoisotopic (exact) mass is 390 g/mol. The third-order valence-electron chi connectivity index (χ3n) is 3.39. The van der Waals surface area contributed by atoms with Crippen LogP contribution < -0.4 is 5.32 Å². The molecule has 146 valence electrons. The molecule has 0 aliphatic carbocycles. The molecule has 13 nitrogen and oxygen atoms in total. The molecular formula is C11H20NO12P. The van der Waals surface area contributed by atoms with Crippen LogP contribution in [0.15, 0.2) is 0 Å². The molecule has 0 radical (unpaired) electrons. The number of phosphoric acid groups is 1. The van der Waals surface area contributed by atoms with Crippen molar-refractivity contribution in [2.75, 3.05) is 6.61 Å². The number of amides is 1. The second-order valence-electron chi connectivity index (χ2n) is 5.38. The summed E-state index contributed by atoms with van der Waals surface area (Å²) in [6.45, 7) is -1.88. The predicted molar refractivity (Wildman–Crippen MR) is 75.7 cm³/mol. The van der Waals surface area contributed by atoms with Gasteiger partial charge < -0.3 is 45.4 Å². The second kappa shape index (κ2) is 8.03. The summed E-state index contributed by atoms with van der Waals surface area (Å²) in [4.78, 5) is 39.7. The van der Waals surface area contributed by atoms with Crippen LogP contribution in [0.2, 0.25) is 0 Å². The van der Waals surface area contributed by atoms with E-state index >= 15 is 0 Å². The molecule has 0 aromatic heterocycles. The van der Waals surface area contributed by atoms with Crippen LogP contribution in [-0.4, -0.2) is 90.0 Å². The van der Waals surface area contributed by atoms with Crippen LogP contribution in [0.5, 0.6) is 0 Å². The summed E-state index contributed by atoms with van der Waals surface area (Å²) in [5, 5.41) is 50.9. The zero-order valence-corrected chi connectivity index (χ0v) is 13.5. The van der Waals surface area contributed by atoms with Crippen molar-refractivity contribution in [3.63, 3.8) is 0 Å². The maximum atomic E-state index is 11.4. The van der Waals surface area contributed by atoms with Gasteiger partial charge in [0.05, 0.1) is 18.8 Å². The highest BCUT2D eigenvalue weighted by Crippen LogP contribution is 2.36. The van der Waals surface area contributed by atoms with Crippen molar-refractivity contribution in [3.8, 4) is 0 Å². The topological polar surface area (TPSA) is 223 Å². The van der Waals surface area contributed by atoms with Gasteiger partial charge in [-0.1, -0.05) is 0 Å². The van der Waals surface area contributed by atoms with E-state index in [9.17, 15) is 34.6 Å². The van der Waals surface area contributed by atoms with Gasteiger partial charge in [0.15, 0.2) is 0 Å². The minimum absolute atomic E-state index is 0.779. The van der Waals surface area contributed by atoms with Gasteiger partial charge in [0, 0.05) is 14.7 Å². The van der Waals surface area contributed by atoms with E-state index in [4.69, 9.17) is 21.0 Å². The first kappa shape index (κ1) is 20.2. The smallest absolute Gasteiger partial charge is 0.469 e. The van der Waals surface area contributed by atoms with Gasteiger partial charge >= 0.3 is 13.8 Å². The van der Waals surface area contributed by atoms with Crippen molar-refractivity contribution in [1.82, 2.24) is 5.32 Å². The zero-order chi connectivity index (χ0) is 20.3. The lowest BCUT2D eigenvalue weighted by Gasteiger charge is -2.44. The van der Waals surface area contributed by atoms with Crippen LogP contribution in [0.3, 0.4) is 0 Å². The Balaban J connectivity index is 3.04. The minimum atomic E-state index is -4.99. The van der Waals surface area contributed by atoms with Gasteiger partial charge in [-0.15, -0.1) is 0 Å². The highest BCUT2D eigenvalue weighted by Gasteiger charge is 2.54. The number of rotatable bonds is 7. The van der Waals surface area contributed by atoms with Gasteiger partial charge in [-0.3, -0.25) is 9.32 Å². The van der Waals surface area contributed by atoms with Crippen LogP contribution in [0.25, 0.3) is 0 Å². The maximum Gasteiger partial charge on any atom is 0.469 e. The Bertz CT molecular complexity index is 571. The second-order valence-corrected chi connectivity index (χ2v) is 6.62. The molecule has 0 spiro atoms. The van der Waals surface area contributed by atoms with E-state index in [1.165, 1.54) is 0 Å². The number of hydrogen-bond acceptors (Lipinski definition) is 9. The average molecular weight is 390 g/mol. The number of ether oxygens (including phenoxy) is 1. The largest absolute Gasteiger partial charge is 0.477 e. The van der Waals surface area contributed by atoms with Crippen molar-refractivity contribution in [3.05, 3.63) is 0 Å². The van der Waals surface area contributed by atoms with Gasteiger partial charge in [-0.05, 0) is 0 Å². The molecule has 1 amide bonds. The molecule has 14 heteroatoms. The summed E-state index contributed by atoms with van der Waals surface area (Å²) in [5.74, 6) is -5.81. The third-order valence-corrected chi connectivity index (χ3v) is 3.88. The highest BCUT2D eigenvalue weighted by molar-refractivity contribution is 7.46. The molecule has 1 heterocycles. The molecule has 25 heavy (non-hydrogen) atoms. The average Bonchev–Trinajstić information content (AvgIpc) is 2.53. The minimum Gasteiger partial charge on any atom is -0.477 e. The van der Waals surface area contributed by atoms with E-state index in [1.807, 2.05) is 0 Å². The van der Waals surface area contributed by atoms with Crippen molar-refractivity contribution in [2.24, 2.45) is 0 Å². The molecule has 0 aromatic carbocycles. The van der Waals surface area contributed by atoms with Crippen LogP contribution in [-0.2, 0) is 23.4 Å². The molecule has 0 aromatic rings.